The molecule has 4 N–H and O–H groups in total. The van der Waals surface area contributed by atoms with E-state index in [9.17, 15) is 9.59 Å². The summed E-state index contributed by atoms with van der Waals surface area (Å²) in [6, 6.07) is 22.1. The van der Waals surface area contributed by atoms with Crippen LogP contribution in [-0.2, 0) is 4.74 Å². The Bertz CT molecular complexity index is 1420. The van der Waals surface area contributed by atoms with Gasteiger partial charge in [-0.05, 0) is 55.5 Å². The van der Waals surface area contributed by atoms with E-state index in [4.69, 9.17) is 15.5 Å². The minimum atomic E-state index is -0.630. The molecular weight excluding hydrogens is 532 g/mol. The second-order valence-electron chi connectivity index (χ2n) is 9.12. The molecular formula is C28H30N6O3S2. The van der Waals surface area contributed by atoms with E-state index in [1.807, 2.05) is 54.6 Å². The van der Waals surface area contributed by atoms with Crippen molar-refractivity contribution in [2.75, 3.05) is 48.0 Å². The molecule has 0 aliphatic carbocycles. The van der Waals surface area contributed by atoms with E-state index in [-0.39, 0.29) is 18.6 Å². The molecule has 1 saturated heterocycles. The quantitative estimate of drug-likeness (QED) is 0.266. The zero-order valence-electron chi connectivity index (χ0n) is 21.5. The number of rotatable bonds is 8. The molecule has 1 atom stereocenters. The van der Waals surface area contributed by atoms with Crippen molar-refractivity contribution in [3.05, 3.63) is 72.8 Å². The largest absolute Gasteiger partial charge is 0.378 e. The predicted molar refractivity (Wildman–Crippen MR) is 158 cm³/mol. The highest BCUT2D eigenvalue weighted by Crippen LogP contribution is 2.38. The van der Waals surface area contributed by atoms with Crippen molar-refractivity contribution in [3.8, 4) is 0 Å². The number of carbonyl (C=O) groups excluding carboxylic acids is 2. The number of hydrogen-bond donors (Lipinski definition) is 3. The Hall–Kier alpha value is -3.80. The Kier molecular flexibility index (Phi) is 8.50. The number of thiazole rings is 1. The van der Waals surface area contributed by atoms with E-state index in [1.165, 1.54) is 0 Å². The lowest BCUT2D eigenvalue weighted by Gasteiger charge is -2.28. The van der Waals surface area contributed by atoms with E-state index >= 15 is 0 Å². The normalized spacial score (nSPS) is 14.1. The zero-order chi connectivity index (χ0) is 27.2. The molecule has 11 heteroatoms. The molecule has 1 aliphatic heterocycles. The topological polar surface area (TPSA) is 113 Å². The second-order valence-corrected chi connectivity index (χ2v) is 11.5. The minimum Gasteiger partial charge on any atom is -0.378 e. The summed E-state index contributed by atoms with van der Waals surface area (Å²) in [7, 11) is 0. The van der Waals surface area contributed by atoms with Gasteiger partial charge in [0.25, 0.3) is 0 Å². The van der Waals surface area contributed by atoms with Crippen LogP contribution in [0.4, 0.5) is 26.7 Å². The van der Waals surface area contributed by atoms with Crippen molar-refractivity contribution in [1.29, 1.82) is 0 Å². The first-order valence-electron chi connectivity index (χ1n) is 12.7. The van der Waals surface area contributed by atoms with E-state index < -0.39 is 6.03 Å². The van der Waals surface area contributed by atoms with Crippen LogP contribution in [0.3, 0.4) is 0 Å². The number of carbonyl (C=O) groups is 2. The average molecular weight is 563 g/mol. The molecule has 9 nitrogen and oxygen atoms in total. The zero-order valence-corrected chi connectivity index (χ0v) is 23.1. The number of fused-ring (bicyclic) bond motifs is 1. The molecule has 202 valence electrons. The number of morpholine rings is 1. The van der Waals surface area contributed by atoms with E-state index in [0.29, 0.717) is 11.4 Å². The summed E-state index contributed by atoms with van der Waals surface area (Å²) in [4.78, 5) is 34.4. The Labute approximate surface area is 235 Å². The lowest BCUT2D eigenvalue weighted by Crippen LogP contribution is -2.47. The molecule has 2 heterocycles. The fourth-order valence-electron chi connectivity index (χ4n) is 4.39. The maximum atomic E-state index is 13.2. The summed E-state index contributed by atoms with van der Waals surface area (Å²) in [6.07, 6.45) is 0. The van der Waals surface area contributed by atoms with Gasteiger partial charge in [-0.15, -0.1) is 11.3 Å². The molecule has 4 amide bonds. The van der Waals surface area contributed by atoms with Gasteiger partial charge in [0.1, 0.15) is 5.52 Å². The number of urea groups is 2. The van der Waals surface area contributed by atoms with Crippen LogP contribution in [0.5, 0.6) is 0 Å². The first kappa shape index (κ1) is 26.8. The van der Waals surface area contributed by atoms with Crippen LogP contribution in [-0.4, -0.2) is 55.9 Å². The van der Waals surface area contributed by atoms with Gasteiger partial charge in [-0.2, -0.15) is 0 Å². The number of nitrogens with one attached hydrogen (secondary N) is 2. The first-order valence-corrected chi connectivity index (χ1v) is 14.3. The van der Waals surface area contributed by atoms with Crippen molar-refractivity contribution in [2.24, 2.45) is 5.73 Å². The number of aromatic nitrogens is 1. The van der Waals surface area contributed by atoms with Gasteiger partial charge >= 0.3 is 12.1 Å². The number of anilines is 3. The van der Waals surface area contributed by atoms with Crippen LogP contribution in [0, 0.1) is 0 Å². The maximum Gasteiger partial charge on any atom is 0.326 e. The number of ether oxygens (including phenoxy) is 1. The van der Waals surface area contributed by atoms with Crippen molar-refractivity contribution in [2.45, 2.75) is 22.2 Å². The van der Waals surface area contributed by atoms with Gasteiger partial charge in [-0.3, -0.25) is 4.90 Å². The molecule has 1 unspecified atom stereocenters. The molecule has 4 aromatic rings. The lowest BCUT2D eigenvalue weighted by atomic mass is 10.2. The third-order valence-corrected chi connectivity index (χ3v) is 8.29. The number of amides is 4. The van der Waals surface area contributed by atoms with Crippen LogP contribution in [0.15, 0.2) is 82.0 Å². The predicted octanol–water partition coefficient (Wildman–Crippen LogP) is 5.38. The van der Waals surface area contributed by atoms with Crippen molar-refractivity contribution < 1.29 is 14.3 Å². The number of primary amides is 1. The molecule has 0 bridgehead atoms. The van der Waals surface area contributed by atoms with Gasteiger partial charge < -0.3 is 26.0 Å². The van der Waals surface area contributed by atoms with Crippen LogP contribution in [0.25, 0.3) is 10.2 Å². The van der Waals surface area contributed by atoms with Crippen molar-refractivity contribution in [1.82, 2.24) is 10.3 Å². The van der Waals surface area contributed by atoms with Crippen LogP contribution < -0.4 is 26.2 Å². The minimum absolute atomic E-state index is 0.261. The Morgan fingerprint density at radius 2 is 1.82 bits per heavy atom. The maximum absolute atomic E-state index is 13.2. The Morgan fingerprint density at radius 3 is 2.54 bits per heavy atom. The fourth-order valence-corrected chi connectivity index (χ4v) is 6.44. The van der Waals surface area contributed by atoms with Gasteiger partial charge in [-0.1, -0.05) is 36.0 Å². The van der Waals surface area contributed by atoms with Gasteiger partial charge in [-0.25, -0.2) is 14.6 Å². The molecule has 5 rings (SSSR count). The highest BCUT2D eigenvalue weighted by Gasteiger charge is 2.20. The Balaban J connectivity index is 1.27. The summed E-state index contributed by atoms with van der Waals surface area (Å²) in [5.41, 5.74) is 8.82. The van der Waals surface area contributed by atoms with E-state index in [0.717, 1.165) is 51.4 Å². The van der Waals surface area contributed by atoms with Crippen LogP contribution in [0.1, 0.15) is 6.92 Å². The third-order valence-electron chi connectivity index (χ3n) is 6.20. The lowest BCUT2D eigenvalue weighted by molar-refractivity contribution is 0.123. The van der Waals surface area contributed by atoms with Crippen molar-refractivity contribution >= 4 is 62.4 Å². The summed E-state index contributed by atoms with van der Waals surface area (Å²) < 4.78 is 7.63. The molecule has 3 aromatic carbocycles. The molecule has 39 heavy (non-hydrogen) atoms. The molecule has 0 spiro atoms. The number of nitrogens with two attached hydrogens (primary N) is 1. The SMILES string of the molecule is CC(CN(C(=O)Nc1ccc(Sc2nc3c(N4CCOCC4)cccc3s2)cc1)c1ccccc1)NC(N)=O. The first-order chi connectivity index (χ1) is 19.0. The second kappa shape index (κ2) is 12.4. The summed E-state index contributed by atoms with van der Waals surface area (Å²) in [5.74, 6) is 0. The third kappa shape index (κ3) is 6.80. The fraction of sp³-hybridized carbons (Fsp3) is 0.250. The molecule has 1 aromatic heterocycles. The highest BCUT2D eigenvalue weighted by atomic mass is 32.2. The van der Waals surface area contributed by atoms with Crippen LogP contribution in [0.2, 0.25) is 0 Å². The van der Waals surface area contributed by atoms with E-state index in [1.54, 1.807) is 34.9 Å². The summed E-state index contributed by atoms with van der Waals surface area (Å²) in [6.45, 7) is 5.26. The number of para-hydroxylation sites is 2. The highest BCUT2D eigenvalue weighted by molar-refractivity contribution is 8.01. The molecule has 1 aliphatic rings. The van der Waals surface area contributed by atoms with Gasteiger partial charge in [0.05, 0.1) is 23.6 Å². The van der Waals surface area contributed by atoms with Gasteiger partial charge in [0.2, 0.25) is 0 Å². The van der Waals surface area contributed by atoms with Gasteiger partial charge in [0, 0.05) is 41.9 Å². The number of benzene rings is 3. The average Bonchev–Trinajstić information content (AvgIpc) is 3.36. The standard InChI is InChI=1S/C28H30N6O3S2/c1-19(30-26(29)35)18-34(21-6-3-2-4-7-21)27(36)31-20-10-12-22(13-11-20)38-28-32-25-23(8-5-9-24(25)39-28)33-14-16-37-17-15-33/h2-13,19H,14-18H2,1H3,(H,31,36)(H3,29,30,35). The van der Waals surface area contributed by atoms with E-state index in [2.05, 4.69) is 33.7 Å². The molecule has 1 fully saturated rings. The monoisotopic (exact) mass is 562 g/mol. The number of nitrogens with zero attached hydrogens (tertiary/aromatic N) is 3. The number of hydrogen-bond acceptors (Lipinski definition) is 7. The summed E-state index contributed by atoms with van der Waals surface area (Å²) >= 11 is 3.28. The van der Waals surface area contributed by atoms with Gasteiger partial charge in [0.15, 0.2) is 4.34 Å². The Morgan fingerprint density at radius 1 is 1.08 bits per heavy atom. The van der Waals surface area contributed by atoms with Crippen molar-refractivity contribution in [3.63, 3.8) is 0 Å². The molecule has 0 radical (unpaired) electrons. The molecule has 0 saturated carbocycles. The van der Waals surface area contributed by atoms with Crippen LogP contribution >= 0.6 is 23.1 Å². The summed E-state index contributed by atoms with van der Waals surface area (Å²) in [5, 5.41) is 5.59. The smallest absolute Gasteiger partial charge is 0.326 e.